The number of para-hydroxylation sites is 1. The van der Waals surface area contributed by atoms with Gasteiger partial charge in [-0.15, -0.1) is 0 Å². The smallest absolute Gasteiger partial charge is 0.163 e. The van der Waals surface area contributed by atoms with Crippen LogP contribution in [0.1, 0.15) is 43.6 Å². The Bertz CT molecular complexity index is 604. The summed E-state index contributed by atoms with van der Waals surface area (Å²) in [6, 6.07) is 15.3. The van der Waals surface area contributed by atoms with Crippen LogP contribution in [0.2, 0.25) is 0 Å². The molecule has 0 aliphatic carbocycles. The number of hydrogen-bond acceptors (Lipinski definition) is 2. The summed E-state index contributed by atoms with van der Waals surface area (Å²) in [6.07, 6.45) is 0. The van der Waals surface area contributed by atoms with E-state index in [-0.39, 0.29) is 11.2 Å². The Hall–Kier alpha value is -2.09. The zero-order chi connectivity index (χ0) is 14.8. The lowest BCUT2D eigenvalue weighted by Gasteiger charge is -2.19. The van der Waals surface area contributed by atoms with Crippen LogP contribution in [0.25, 0.3) is 0 Å². The molecule has 0 aromatic heterocycles. The third-order valence-electron chi connectivity index (χ3n) is 3.21. The Morgan fingerprint density at radius 2 is 1.55 bits per heavy atom. The van der Waals surface area contributed by atoms with Crippen LogP contribution in [0.15, 0.2) is 48.5 Å². The van der Waals surface area contributed by atoms with Gasteiger partial charge >= 0.3 is 0 Å². The SMILES string of the molecule is CC(=O)c1ccccc1Oc1ccc(C(C)(C)C)cc1. The first kappa shape index (κ1) is 14.3. The molecule has 0 saturated carbocycles. The fraction of sp³-hybridized carbons (Fsp3) is 0.278. The molecule has 0 bridgehead atoms. The summed E-state index contributed by atoms with van der Waals surface area (Å²) >= 11 is 0. The number of rotatable bonds is 3. The van der Waals surface area contributed by atoms with E-state index in [0.717, 1.165) is 5.75 Å². The quantitative estimate of drug-likeness (QED) is 0.734. The van der Waals surface area contributed by atoms with Gasteiger partial charge in [0, 0.05) is 0 Å². The van der Waals surface area contributed by atoms with Gasteiger partial charge in [0.1, 0.15) is 11.5 Å². The summed E-state index contributed by atoms with van der Waals surface area (Å²) in [5.74, 6) is 1.35. The Morgan fingerprint density at radius 3 is 2.10 bits per heavy atom. The Morgan fingerprint density at radius 1 is 0.950 bits per heavy atom. The van der Waals surface area contributed by atoms with Gasteiger partial charge in [0.2, 0.25) is 0 Å². The van der Waals surface area contributed by atoms with Crippen molar-refractivity contribution in [3.63, 3.8) is 0 Å². The van der Waals surface area contributed by atoms with Crippen molar-refractivity contribution in [3.05, 3.63) is 59.7 Å². The normalized spacial score (nSPS) is 11.2. The molecule has 0 aliphatic heterocycles. The van der Waals surface area contributed by atoms with Crippen molar-refractivity contribution in [2.75, 3.05) is 0 Å². The van der Waals surface area contributed by atoms with Crippen LogP contribution in [0.3, 0.4) is 0 Å². The van der Waals surface area contributed by atoms with Crippen molar-refractivity contribution < 1.29 is 9.53 Å². The molecule has 2 rings (SSSR count). The van der Waals surface area contributed by atoms with Crippen LogP contribution in [0.4, 0.5) is 0 Å². The van der Waals surface area contributed by atoms with E-state index in [2.05, 4.69) is 32.9 Å². The van der Waals surface area contributed by atoms with Crippen LogP contribution in [-0.2, 0) is 5.41 Å². The van der Waals surface area contributed by atoms with Gasteiger partial charge in [-0.05, 0) is 42.2 Å². The molecule has 0 fully saturated rings. The highest BCUT2D eigenvalue weighted by molar-refractivity contribution is 5.96. The van der Waals surface area contributed by atoms with E-state index in [1.807, 2.05) is 30.3 Å². The predicted octanol–water partition coefficient (Wildman–Crippen LogP) is 4.98. The van der Waals surface area contributed by atoms with E-state index in [9.17, 15) is 4.79 Å². The lowest BCUT2D eigenvalue weighted by molar-refractivity contribution is 0.101. The Balaban J connectivity index is 2.25. The van der Waals surface area contributed by atoms with E-state index in [1.165, 1.54) is 5.56 Å². The number of ether oxygens (including phenoxy) is 1. The van der Waals surface area contributed by atoms with Crippen molar-refractivity contribution in [1.82, 2.24) is 0 Å². The Labute approximate surface area is 120 Å². The van der Waals surface area contributed by atoms with E-state index in [4.69, 9.17) is 4.74 Å². The maximum atomic E-state index is 11.6. The highest BCUT2D eigenvalue weighted by Crippen LogP contribution is 2.28. The molecule has 104 valence electrons. The number of hydrogen-bond donors (Lipinski definition) is 0. The number of carbonyl (C=O) groups excluding carboxylic acids is 1. The largest absolute Gasteiger partial charge is 0.457 e. The van der Waals surface area contributed by atoms with Gasteiger partial charge in [0.25, 0.3) is 0 Å². The molecule has 20 heavy (non-hydrogen) atoms. The first-order valence-electron chi connectivity index (χ1n) is 6.76. The molecule has 0 radical (unpaired) electrons. The summed E-state index contributed by atoms with van der Waals surface area (Å²) in [7, 11) is 0. The predicted molar refractivity (Wildman–Crippen MR) is 81.7 cm³/mol. The van der Waals surface area contributed by atoms with E-state index >= 15 is 0 Å². The monoisotopic (exact) mass is 268 g/mol. The number of benzene rings is 2. The average molecular weight is 268 g/mol. The third kappa shape index (κ3) is 3.27. The van der Waals surface area contributed by atoms with Crippen LogP contribution in [-0.4, -0.2) is 5.78 Å². The standard InChI is InChI=1S/C18H20O2/c1-13(19)16-7-5-6-8-17(16)20-15-11-9-14(10-12-15)18(2,3)4/h5-12H,1-4H3. The fourth-order valence-electron chi connectivity index (χ4n) is 2.00. The fourth-order valence-corrected chi connectivity index (χ4v) is 2.00. The zero-order valence-electron chi connectivity index (χ0n) is 12.4. The van der Waals surface area contributed by atoms with Gasteiger partial charge in [-0.1, -0.05) is 45.0 Å². The maximum absolute atomic E-state index is 11.6. The molecule has 2 aromatic rings. The highest BCUT2D eigenvalue weighted by atomic mass is 16.5. The van der Waals surface area contributed by atoms with Gasteiger partial charge in [-0.2, -0.15) is 0 Å². The lowest BCUT2D eigenvalue weighted by atomic mass is 9.87. The number of carbonyl (C=O) groups is 1. The minimum Gasteiger partial charge on any atom is -0.457 e. The molecule has 0 unspecified atom stereocenters. The van der Waals surface area contributed by atoms with Gasteiger partial charge in [-0.3, -0.25) is 4.79 Å². The number of Topliss-reactive ketones (excluding diaryl/α,β-unsaturated/α-hetero) is 1. The van der Waals surface area contributed by atoms with Crippen molar-refractivity contribution in [2.24, 2.45) is 0 Å². The second-order valence-electron chi connectivity index (χ2n) is 5.93. The topological polar surface area (TPSA) is 26.3 Å². The van der Waals surface area contributed by atoms with Crippen LogP contribution >= 0.6 is 0 Å². The van der Waals surface area contributed by atoms with Crippen LogP contribution < -0.4 is 4.74 Å². The van der Waals surface area contributed by atoms with Gasteiger partial charge < -0.3 is 4.74 Å². The first-order valence-corrected chi connectivity index (χ1v) is 6.76. The molecular formula is C18H20O2. The Kier molecular flexibility index (Phi) is 3.93. The summed E-state index contributed by atoms with van der Waals surface area (Å²) < 4.78 is 5.82. The molecule has 2 aromatic carbocycles. The molecule has 0 atom stereocenters. The second kappa shape index (κ2) is 5.49. The molecule has 2 heteroatoms. The highest BCUT2D eigenvalue weighted by Gasteiger charge is 2.13. The molecule has 0 aliphatic rings. The van der Waals surface area contributed by atoms with E-state index in [0.29, 0.717) is 11.3 Å². The van der Waals surface area contributed by atoms with Crippen molar-refractivity contribution in [1.29, 1.82) is 0 Å². The third-order valence-corrected chi connectivity index (χ3v) is 3.21. The lowest BCUT2D eigenvalue weighted by Crippen LogP contribution is -2.10. The van der Waals surface area contributed by atoms with Crippen molar-refractivity contribution in [2.45, 2.75) is 33.1 Å². The number of ketones is 1. The zero-order valence-corrected chi connectivity index (χ0v) is 12.4. The minimum absolute atomic E-state index is 0.00640. The van der Waals surface area contributed by atoms with E-state index < -0.39 is 0 Å². The molecular weight excluding hydrogens is 248 g/mol. The molecule has 0 N–H and O–H groups in total. The molecule has 0 saturated heterocycles. The summed E-state index contributed by atoms with van der Waals surface area (Å²) in [5, 5.41) is 0. The summed E-state index contributed by atoms with van der Waals surface area (Å²) in [6.45, 7) is 8.07. The van der Waals surface area contributed by atoms with Crippen molar-refractivity contribution in [3.8, 4) is 11.5 Å². The first-order chi connectivity index (χ1) is 9.38. The van der Waals surface area contributed by atoms with Gasteiger partial charge in [0.15, 0.2) is 5.78 Å². The van der Waals surface area contributed by atoms with E-state index in [1.54, 1.807) is 13.0 Å². The maximum Gasteiger partial charge on any atom is 0.163 e. The molecule has 0 amide bonds. The second-order valence-corrected chi connectivity index (χ2v) is 5.93. The van der Waals surface area contributed by atoms with Crippen LogP contribution in [0, 0.1) is 0 Å². The summed E-state index contributed by atoms with van der Waals surface area (Å²) in [4.78, 5) is 11.6. The van der Waals surface area contributed by atoms with Crippen molar-refractivity contribution >= 4 is 5.78 Å². The van der Waals surface area contributed by atoms with Gasteiger partial charge in [-0.25, -0.2) is 0 Å². The van der Waals surface area contributed by atoms with Crippen LogP contribution in [0.5, 0.6) is 11.5 Å². The average Bonchev–Trinajstić information content (AvgIpc) is 2.38. The minimum atomic E-state index is 0.00640. The molecule has 2 nitrogen and oxygen atoms in total. The molecule has 0 heterocycles. The summed E-state index contributed by atoms with van der Waals surface area (Å²) in [5.41, 5.74) is 1.98. The molecule has 0 spiro atoms. The van der Waals surface area contributed by atoms with Gasteiger partial charge in [0.05, 0.1) is 5.56 Å².